The van der Waals surface area contributed by atoms with Gasteiger partial charge in [-0.2, -0.15) is 0 Å². The number of nitrogens with zero attached hydrogens (tertiary/aromatic N) is 1. The molecule has 1 aromatic rings. The minimum Gasteiger partial charge on any atom is -0.396 e. The zero-order valence-corrected chi connectivity index (χ0v) is 12.7. The number of aliphatic hydroxyl groups excluding tert-OH is 1. The van der Waals surface area contributed by atoms with Gasteiger partial charge in [0.25, 0.3) is 0 Å². The summed E-state index contributed by atoms with van der Waals surface area (Å²) < 4.78 is 25.9. The number of hydrogen-bond donors (Lipinski definition) is 1. The van der Waals surface area contributed by atoms with Crippen LogP contribution in [0.2, 0.25) is 0 Å². The Balaban J connectivity index is 2.84. The number of aryl methyl sites for hydroxylation is 1. The zero-order chi connectivity index (χ0) is 14.5. The van der Waals surface area contributed by atoms with Crippen LogP contribution in [0.3, 0.4) is 0 Å². The van der Waals surface area contributed by atoms with Gasteiger partial charge in [-0.1, -0.05) is 26.0 Å². The molecule has 0 heterocycles. The molecule has 0 bridgehead atoms. The summed E-state index contributed by atoms with van der Waals surface area (Å²) >= 11 is 0. The van der Waals surface area contributed by atoms with E-state index < -0.39 is 10.0 Å². The number of rotatable bonds is 7. The van der Waals surface area contributed by atoms with Crippen molar-refractivity contribution < 1.29 is 13.5 Å². The number of aliphatic hydroxyl groups is 1. The van der Waals surface area contributed by atoms with Crippen molar-refractivity contribution in [1.82, 2.24) is 4.31 Å². The van der Waals surface area contributed by atoms with Crippen LogP contribution >= 0.6 is 0 Å². The van der Waals surface area contributed by atoms with Crippen molar-refractivity contribution in [3.05, 3.63) is 29.8 Å². The SMILES string of the molecule is CC(C)CN(C)S(=O)(=O)c1ccc(CCCO)cc1. The molecule has 0 aliphatic rings. The summed E-state index contributed by atoms with van der Waals surface area (Å²) in [6.07, 6.45) is 1.46. The molecule has 0 aliphatic heterocycles. The highest BCUT2D eigenvalue weighted by Crippen LogP contribution is 2.16. The van der Waals surface area contributed by atoms with Crippen molar-refractivity contribution in [3.8, 4) is 0 Å². The van der Waals surface area contributed by atoms with Crippen molar-refractivity contribution in [2.24, 2.45) is 5.92 Å². The Kier molecular flexibility index (Phi) is 5.97. The fraction of sp³-hybridized carbons (Fsp3) is 0.571. The second kappa shape index (κ2) is 7.03. The van der Waals surface area contributed by atoms with Gasteiger partial charge in [0.15, 0.2) is 0 Å². The third-order valence-corrected chi connectivity index (χ3v) is 4.71. The summed E-state index contributed by atoms with van der Waals surface area (Å²) in [6.45, 7) is 4.64. The van der Waals surface area contributed by atoms with Gasteiger partial charge in [-0.3, -0.25) is 0 Å². The average molecular weight is 285 g/mol. The minimum atomic E-state index is -3.39. The molecule has 0 aliphatic carbocycles. The van der Waals surface area contributed by atoms with Crippen LogP contribution in [0, 0.1) is 5.92 Å². The molecule has 0 saturated heterocycles. The van der Waals surface area contributed by atoms with E-state index in [9.17, 15) is 8.42 Å². The van der Waals surface area contributed by atoms with Crippen molar-refractivity contribution in [3.63, 3.8) is 0 Å². The average Bonchev–Trinajstić information content (AvgIpc) is 2.36. The standard InChI is InChI=1S/C14H23NO3S/c1-12(2)11-15(3)19(17,18)14-8-6-13(7-9-14)5-4-10-16/h6-9,12,16H,4-5,10-11H2,1-3H3. The molecule has 5 heteroatoms. The van der Waals surface area contributed by atoms with Crippen LogP contribution in [0.15, 0.2) is 29.2 Å². The summed E-state index contributed by atoms with van der Waals surface area (Å²) in [4.78, 5) is 0.323. The quantitative estimate of drug-likeness (QED) is 0.832. The van der Waals surface area contributed by atoms with Gasteiger partial charge in [-0.25, -0.2) is 12.7 Å². The van der Waals surface area contributed by atoms with Gasteiger partial charge in [0, 0.05) is 20.2 Å². The van der Waals surface area contributed by atoms with Crippen molar-refractivity contribution in [2.45, 2.75) is 31.6 Å². The Morgan fingerprint density at radius 3 is 2.26 bits per heavy atom. The van der Waals surface area contributed by atoms with E-state index >= 15 is 0 Å². The molecule has 1 N–H and O–H groups in total. The summed E-state index contributed by atoms with van der Waals surface area (Å²) in [5.74, 6) is 0.295. The van der Waals surface area contributed by atoms with E-state index in [1.165, 1.54) is 4.31 Å². The van der Waals surface area contributed by atoms with Crippen LogP contribution in [-0.4, -0.2) is 38.0 Å². The molecule has 1 aromatic carbocycles. The third kappa shape index (κ3) is 4.60. The van der Waals surface area contributed by atoms with Gasteiger partial charge in [0.1, 0.15) is 0 Å². The van der Waals surface area contributed by atoms with Gasteiger partial charge < -0.3 is 5.11 Å². The molecule has 0 radical (unpaired) electrons. The van der Waals surface area contributed by atoms with Crippen LogP contribution in [0.1, 0.15) is 25.8 Å². The lowest BCUT2D eigenvalue weighted by atomic mass is 10.1. The Morgan fingerprint density at radius 2 is 1.79 bits per heavy atom. The third-order valence-electron chi connectivity index (χ3n) is 2.88. The zero-order valence-electron chi connectivity index (χ0n) is 11.8. The lowest BCUT2D eigenvalue weighted by Crippen LogP contribution is -2.30. The Hall–Kier alpha value is -0.910. The molecule has 0 unspecified atom stereocenters. The van der Waals surface area contributed by atoms with E-state index in [1.807, 2.05) is 26.0 Å². The normalized spacial score (nSPS) is 12.3. The van der Waals surface area contributed by atoms with Crippen LogP contribution in [0.4, 0.5) is 0 Å². The Bertz CT molecular complexity index is 480. The van der Waals surface area contributed by atoms with Gasteiger partial charge >= 0.3 is 0 Å². The van der Waals surface area contributed by atoms with Gasteiger partial charge in [0.2, 0.25) is 10.0 Å². The first kappa shape index (κ1) is 16.1. The maximum Gasteiger partial charge on any atom is 0.242 e. The minimum absolute atomic E-state index is 0.150. The van der Waals surface area contributed by atoms with Crippen LogP contribution < -0.4 is 0 Å². The van der Waals surface area contributed by atoms with Crippen molar-refractivity contribution in [1.29, 1.82) is 0 Å². The molecular formula is C14H23NO3S. The number of hydrogen-bond acceptors (Lipinski definition) is 3. The molecule has 19 heavy (non-hydrogen) atoms. The van der Waals surface area contributed by atoms with E-state index in [-0.39, 0.29) is 6.61 Å². The molecule has 0 saturated carbocycles. The number of sulfonamides is 1. The van der Waals surface area contributed by atoms with Gasteiger partial charge in [0.05, 0.1) is 4.90 Å². The summed E-state index contributed by atoms with van der Waals surface area (Å²) in [5, 5.41) is 8.77. The molecule has 0 aromatic heterocycles. The van der Waals surface area contributed by atoms with Crippen LogP contribution in [-0.2, 0) is 16.4 Å². The monoisotopic (exact) mass is 285 g/mol. The maximum absolute atomic E-state index is 12.3. The Labute approximate surface area is 116 Å². The lowest BCUT2D eigenvalue weighted by molar-refractivity contribution is 0.288. The van der Waals surface area contributed by atoms with E-state index in [2.05, 4.69) is 0 Å². The largest absolute Gasteiger partial charge is 0.396 e. The van der Waals surface area contributed by atoms with E-state index in [0.29, 0.717) is 23.8 Å². The predicted molar refractivity (Wildman–Crippen MR) is 76.5 cm³/mol. The van der Waals surface area contributed by atoms with E-state index in [0.717, 1.165) is 12.0 Å². The first-order chi connectivity index (χ1) is 8.87. The smallest absolute Gasteiger partial charge is 0.242 e. The number of benzene rings is 1. The Morgan fingerprint density at radius 1 is 1.21 bits per heavy atom. The summed E-state index contributed by atoms with van der Waals surface area (Å²) in [7, 11) is -1.78. The molecule has 0 amide bonds. The highest BCUT2D eigenvalue weighted by atomic mass is 32.2. The highest BCUT2D eigenvalue weighted by Gasteiger charge is 2.20. The molecule has 0 spiro atoms. The molecule has 1 rings (SSSR count). The van der Waals surface area contributed by atoms with Crippen LogP contribution in [0.25, 0.3) is 0 Å². The highest BCUT2D eigenvalue weighted by molar-refractivity contribution is 7.89. The van der Waals surface area contributed by atoms with Gasteiger partial charge in [-0.05, 0) is 36.5 Å². The molecule has 108 valence electrons. The second-order valence-electron chi connectivity index (χ2n) is 5.15. The van der Waals surface area contributed by atoms with E-state index in [4.69, 9.17) is 5.11 Å². The molecule has 4 nitrogen and oxygen atoms in total. The first-order valence-electron chi connectivity index (χ1n) is 6.54. The van der Waals surface area contributed by atoms with Crippen molar-refractivity contribution >= 4 is 10.0 Å². The van der Waals surface area contributed by atoms with E-state index in [1.54, 1.807) is 19.2 Å². The van der Waals surface area contributed by atoms with Crippen molar-refractivity contribution in [2.75, 3.05) is 20.2 Å². The fourth-order valence-electron chi connectivity index (χ4n) is 1.90. The first-order valence-corrected chi connectivity index (χ1v) is 7.98. The summed E-state index contributed by atoms with van der Waals surface area (Å²) in [6, 6.07) is 6.90. The second-order valence-corrected chi connectivity index (χ2v) is 7.20. The van der Waals surface area contributed by atoms with Gasteiger partial charge in [-0.15, -0.1) is 0 Å². The topological polar surface area (TPSA) is 57.6 Å². The molecular weight excluding hydrogens is 262 g/mol. The predicted octanol–water partition coefficient (Wildman–Crippen LogP) is 1.89. The maximum atomic E-state index is 12.3. The molecule has 0 atom stereocenters. The molecule has 0 fully saturated rings. The summed E-state index contributed by atoms with van der Waals surface area (Å²) in [5.41, 5.74) is 1.04. The fourth-order valence-corrected chi connectivity index (χ4v) is 3.24. The van der Waals surface area contributed by atoms with Crippen LogP contribution in [0.5, 0.6) is 0 Å². The lowest BCUT2D eigenvalue weighted by Gasteiger charge is -2.19.